The Morgan fingerprint density at radius 3 is 2.61 bits per heavy atom. The van der Waals surface area contributed by atoms with E-state index in [0.717, 1.165) is 15.6 Å². The summed E-state index contributed by atoms with van der Waals surface area (Å²) in [4.78, 5) is 12.2. The van der Waals surface area contributed by atoms with Crippen LogP contribution in [0.5, 0.6) is 17.2 Å². The molecule has 1 saturated heterocycles. The number of carbonyl (C=O) groups excluding carboxylic acids is 1. The predicted molar refractivity (Wildman–Crippen MR) is 152 cm³/mol. The van der Waals surface area contributed by atoms with Crippen molar-refractivity contribution in [3.05, 3.63) is 87.4 Å². The van der Waals surface area contributed by atoms with Crippen LogP contribution in [0.4, 0.5) is 0 Å². The van der Waals surface area contributed by atoms with Gasteiger partial charge in [-0.05, 0) is 63.8 Å². The Bertz CT molecular complexity index is 1210. The van der Waals surface area contributed by atoms with Gasteiger partial charge in [-0.25, -0.2) is 5.43 Å². The van der Waals surface area contributed by atoms with E-state index < -0.39 is 0 Å². The largest absolute Gasteiger partial charge is 0.493 e. The second-order valence-corrected chi connectivity index (χ2v) is 11.6. The van der Waals surface area contributed by atoms with Gasteiger partial charge in [0.15, 0.2) is 18.1 Å². The lowest BCUT2D eigenvalue weighted by Crippen LogP contribution is -2.24. The summed E-state index contributed by atoms with van der Waals surface area (Å²) < 4.78 is 18.3. The molecule has 6 nitrogen and oxygen atoms in total. The van der Waals surface area contributed by atoms with Crippen LogP contribution < -0.4 is 19.6 Å². The lowest BCUT2D eigenvalue weighted by molar-refractivity contribution is -0.123. The van der Waals surface area contributed by atoms with Gasteiger partial charge < -0.3 is 14.2 Å². The Morgan fingerprint density at radius 1 is 1.11 bits per heavy atom. The molecular formula is C27H27BrN2O4S2. The van der Waals surface area contributed by atoms with Crippen LogP contribution in [0.25, 0.3) is 0 Å². The third-order valence-corrected chi connectivity index (χ3v) is 8.96. The summed E-state index contributed by atoms with van der Waals surface area (Å²) in [7, 11) is 1.58. The van der Waals surface area contributed by atoms with Crippen LogP contribution in [0.15, 0.2) is 70.2 Å². The van der Waals surface area contributed by atoms with Crippen LogP contribution in [-0.4, -0.2) is 37.3 Å². The van der Waals surface area contributed by atoms with E-state index in [4.69, 9.17) is 14.2 Å². The monoisotopic (exact) mass is 586 g/mol. The minimum atomic E-state index is -0.346. The first-order valence-corrected chi connectivity index (χ1v) is 14.2. The minimum absolute atomic E-state index is 0.123. The van der Waals surface area contributed by atoms with E-state index in [1.54, 1.807) is 19.4 Å². The topological polar surface area (TPSA) is 69.2 Å². The first-order valence-electron chi connectivity index (χ1n) is 11.4. The molecule has 1 fully saturated rings. The van der Waals surface area contributed by atoms with Crippen molar-refractivity contribution < 1.29 is 19.0 Å². The van der Waals surface area contributed by atoms with E-state index in [1.165, 1.54) is 22.6 Å². The van der Waals surface area contributed by atoms with Crippen molar-refractivity contribution in [2.45, 2.75) is 18.1 Å². The number of carbonyl (C=O) groups is 1. The number of nitrogens with zero attached hydrogens (tertiary/aromatic N) is 1. The number of methoxy groups -OCH3 is 1. The fourth-order valence-electron chi connectivity index (χ4n) is 3.54. The first kappa shape index (κ1) is 26.4. The van der Waals surface area contributed by atoms with Crippen LogP contribution in [0.1, 0.15) is 26.8 Å². The first-order chi connectivity index (χ1) is 17.5. The van der Waals surface area contributed by atoms with Crippen LogP contribution in [0, 0.1) is 6.92 Å². The molecule has 0 radical (unpaired) electrons. The highest BCUT2D eigenvalue weighted by Gasteiger charge is 2.18. The van der Waals surface area contributed by atoms with Gasteiger partial charge >= 0.3 is 0 Å². The third kappa shape index (κ3) is 7.44. The Hall–Kier alpha value is -2.62. The van der Waals surface area contributed by atoms with Crippen LogP contribution in [0.3, 0.4) is 0 Å². The standard InChI is InChI=1S/C27H27BrN2O4S2/c1-18-4-3-5-19(12-18)16-34-26-23(28)13-20(14-24(26)32-2)15-29-30-25(31)17-33-22-8-6-21(7-9-22)27-35-10-11-36-27/h3-9,12-15,27H,10-11,16-17H2,1-2H3,(H,30,31)/b29-15-. The van der Waals surface area contributed by atoms with Crippen molar-refractivity contribution in [1.82, 2.24) is 5.43 Å². The van der Waals surface area contributed by atoms with E-state index >= 15 is 0 Å². The Balaban J connectivity index is 1.28. The number of hydrogen-bond acceptors (Lipinski definition) is 7. The van der Waals surface area contributed by atoms with Crippen molar-refractivity contribution in [1.29, 1.82) is 0 Å². The van der Waals surface area contributed by atoms with Gasteiger partial charge in [0.05, 0.1) is 22.4 Å². The molecule has 1 heterocycles. The van der Waals surface area contributed by atoms with Gasteiger partial charge in [0.1, 0.15) is 12.4 Å². The third-order valence-electron chi connectivity index (χ3n) is 5.26. The number of hydrazone groups is 1. The molecule has 1 aliphatic rings. The van der Waals surface area contributed by atoms with Crippen LogP contribution in [-0.2, 0) is 11.4 Å². The van der Waals surface area contributed by atoms with E-state index in [0.29, 0.717) is 28.4 Å². The fourth-order valence-corrected chi connectivity index (χ4v) is 6.98. The van der Waals surface area contributed by atoms with Gasteiger partial charge in [0.2, 0.25) is 0 Å². The summed E-state index contributed by atoms with van der Waals surface area (Å²) in [6.45, 7) is 2.34. The Morgan fingerprint density at radius 2 is 1.89 bits per heavy atom. The lowest BCUT2D eigenvalue weighted by atomic mass is 10.1. The predicted octanol–water partition coefficient (Wildman–Crippen LogP) is 6.35. The highest BCUT2D eigenvalue weighted by molar-refractivity contribution is 9.10. The fraction of sp³-hybridized carbons (Fsp3) is 0.259. The normalized spacial score (nSPS) is 13.6. The number of aryl methyl sites for hydroxylation is 1. The molecule has 188 valence electrons. The van der Waals surface area contributed by atoms with E-state index in [1.807, 2.05) is 66.8 Å². The SMILES string of the molecule is COc1cc(/C=N\NC(=O)COc2ccc(C3SCCS3)cc2)cc(Br)c1OCc1cccc(C)c1. The van der Waals surface area contributed by atoms with Crippen LogP contribution >= 0.6 is 39.5 Å². The van der Waals surface area contributed by atoms with E-state index in [-0.39, 0.29) is 12.5 Å². The van der Waals surface area contributed by atoms with E-state index in [2.05, 4.69) is 44.7 Å². The maximum absolute atomic E-state index is 12.2. The number of halogens is 1. The molecule has 0 bridgehead atoms. The Labute approximate surface area is 228 Å². The van der Waals surface area contributed by atoms with Crippen molar-refractivity contribution in [3.63, 3.8) is 0 Å². The van der Waals surface area contributed by atoms with Gasteiger partial charge in [0.25, 0.3) is 5.91 Å². The summed E-state index contributed by atoms with van der Waals surface area (Å²) >= 11 is 7.46. The second kappa shape index (κ2) is 13.1. The molecule has 0 aliphatic carbocycles. The number of nitrogens with one attached hydrogen (secondary N) is 1. The summed E-state index contributed by atoms with van der Waals surface area (Å²) in [6, 6.07) is 19.7. The molecular weight excluding hydrogens is 560 g/mol. The summed E-state index contributed by atoms with van der Waals surface area (Å²) in [5.41, 5.74) is 6.75. The molecule has 3 aromatic rings. The average Bonchev–Trinajstić information content (AvgIpc) is 3.42. The van der Waals surface area contributed by atoms with E-state index in [9.17, 15) is 4.79 Å². The molecule has 1 amide bonds. The number of rotatable bonds is 10. The maximum Gasteiger partial charge on any atom is 0.277 e. The zero-order valence-electron chi connectivity index (χ0n) is 20.0. The number of thioether (sulfide) groups is 2. The van der Waals surface area contributed by atoms with Crippen molar-refractivity contribution in [2.24, 2.45) is 5.10 Å². The molecule has 0 aromatic heterocycles. The average molecular weight is 588 g/mol. The molecule has 3 aromatic carbocycles. The van der Waals surface area contributed by atoms with Gasteiger partial charge in [-0.1, -0.05) is 42.0 Å². The zero-order chi connectivity index (χ0) is 25.3. The molecule has 0 unspecified atom stereocenters. The van der Waals surface area contributed by atoms with Gasteiger partial charge in [-0.3, -0.25) is 4.79 Å². The minimum Gasteiger partial charge on any atom is -0.493 e. The smallest absolute Gasteiger partial charge is 0.277 e. The quantitative estimate of drug-likeness (QED) is 0.220. The number of ether oxygens (including phenoxy) is 3. The molecule has 1 aliphatic heterocycles. The number of benzene rings is 3. The molecule has 0 spiro atoms. The van der Waals surface area contributed by atoms with Crippen molar-refractivity contribution in [2.75, 3.05) is 25.2 Å². The van der Waals surface area contributed by atoms with Gasteiger partial charge in [0, 0.05) is 11.5 Å². The van der Waals surface area contributed by atoms with Gasteiger partial charge in [-0.2, -0.15) is 5.10 Å². The summed E-state index contributed by atoms with van der Waals surface area (Å²) in [5.74, 6) is 3.84. The zero-order valence-corrected chi connectivity index (χ0v) is 23.3. The van der Waals surface area contributed by atoms with Crippen LogP contribution in [0.2, 0.25) is 0 Å². The number of amides is 1. The van der Waals surface area contributed by atoms with Gasteiger partial charge in [-0.15, -0.1) is 23.5 Å². The molecule has 1 N–H and O–H groups in total. The van der Waals surface area contributed by atoms with Crippen molar-refractivity contribution in [3.8, 4) is 17.2 Å². The summed E-state index contributed by atoms with van der Waals surface area (Å²) in [6.07, 6.45) is 1.54. The maximum atomic E-state index is 12.2. The lowest BCUT2D eigenvalue weighted by Gasteiger charge is -2.14. The van der Waals surface area contributed by atoms with Crippen molar-refractivity contribution >= 4 is 51.6 Å². The highest BCUT2D eigenvalue weighted by atomic mass is 79.9. The number of hydrogen-bond donors (Lipinski definition) is 1. The molecule has 0 saturated carbocycles. The molecule has 9 heteroatoms. The molecule has 4 rings (SSSR count). The highest BCUT2D eigenvalue weighted by Crippen LogP contribution is 2.45. The Kier molecular flexibility index (Phi) is 9.60. The summed E-state index contributed by atoms with van der Waals surface area (Å²) in [5, 5.41) is 4.04. The molecule has 36 heavy (non-hydrogen) atoms. The second-order valence-electron chi connectivity index (χ2n) is 8.04. The molecule has 0 atom stereocenters.